The second kappa shape index (κ2) is 5.04. The molecule has 1 rings (SSSR count). The van der Waals surface area contributed by atoms with Gasteiger partial charge in [-0.25, -0.2) is 0 Å². The van der Waals surface area contributed by atoms with E-state index in [0.717, 1.165) is 12.8 Å². The molecule has 3 nitrogen and oxygen atoms in total. The summed E-state index contributed by atoms with van der Waals surface area (Å²) in [6.45, 7) is 2.74. The second-order valence-electron chi connectivity index (χ2n) is 3.27. The molecule has 1 atom stereocenters. The van der Waals surface area contributed by atoms with Gasteiger partial charge in [0, 0.05) is 25.5 Å². The van der Waals surface area contributed by atoms with Crippen molar-refractivity contribution >= 4 is 0 Å². The molecule has 1 aromatic rings. The molecular formula is C10H18N2O. The molecule has 13 heavy (non-hydrogen) atoms. The van der Waals surface area contributed by atoms with Crippen LogP contribution in [0.4, 0.5) is 0 Å². The van der Waals surface area contributed by atoms with Crippen LogP contribution in [0, 0.1) is 0 Å². The first kappa shape index (κ1) is 10.3. The van der Waals surface area contributed by atoms with Crippen molar-refractivity contribution in [3.05, 3.63) is 24.0 Å². The van der Waals surface area contributed by atoms with E-state index in [0.29, 0.717) is 6.73 Å². The Balaban J connectivity index is 2.56. The number of nitrogens with zero attached hydrogens (tertiary/aromatic N) is 1. The van der Waals surface area contributed by atoms with Crippen LogP contribution in [0.1, 0.15) is 31.4 Å². The summed E-state index contributed by atoms with van der Waals surface area (Å²) in [5, 5.41) is 0. The van der Waals surface area contributed by atoms with Crippen LogP contribution >= 0.6 is 0 Å². The van der Waals surface area contributed by atoms with Crippen molar-refractivity contribution in [2.45, 2.75) is 32.5 Å². The van der Waals surface area contributed by atoms with E-state index in [1.54, 1.807) is 7.11 Å². The summed E-state index contributed by atoms with van der Waals surface area (Å²) in [4.78, 5) is 0. The van der Waals surface area contributed by atoms with Gasteiger partial charge in [-0.1, -0.05) is 13.3 Å². The Morgan fingerprint density at radius 3 is 3.00 bits per heavy atom. The molecule has 0 aliphatic heterocycles. The van der Waals surface area contributed by atoms with E-state index < -0.39 is 0 Å². The number of nitrogens with two attached hydrogens (primary N) is 1. The number of hydrogen-bond donors (Lipinski definition) is 1. The fourth-order valence-corrected chi connectivity index (χ4v) is 1.39. The van der Waals surface area contributed by atoms with E-state index >= 15 is 0 Å². The Morgan fingerprint density at radius 1 is 1.62 bits per heavy atom. The fourth-order valence-electron chi connectivity index (χ4n) is 1.39. The van der Waals surface area contributed by atoms with Crippen molar-refractivity contribution < 1.29 is 4.74 Å². The van der Waals surface area contributed by atoms with E-state index in [1.807, 2.05) is 17.0 Å². The standard InChI is InChI=1S/C10H18N2O/c1-3-4-10(11)9-5-6-12(7-9)8-13-2/h5-7,10H,3-4,8,11H2,1-2H3. The zero-order chi connectivity index (χ0) is 9.68. The first-order valence-electron chi connectivity index (χ1n) is 4.68. The van der Waals surface area contributed by atoms with Crippen LogP contribution in [0.5, 0.6) is 0 Å². The lowest BCUT2D eigenvalue weighted by atomic mass is 10.1. The highest BCUT2D eigenvalue weighted by Crippen LogP contribution is 2.15. The number of ether oxygens (including phenoxy) is 1. The molecule has 0 saturated heterocycles. The Hall–Kier alpha value is -0.800. The van der Waals surface area contributed by atoms with Gasteiger partial charge in [0.25, 0.3) is 0 Å². The molecule has 0 radical (unpaired) electrons. The van der Waals surface area contributed by atoms with Crippen LogP contribution in [0.15, 0.2) is 18.5 Å². The molecule has 1 heterocycles. The molecule has 1 unspecified atom stereocenters. The number of rotatable bonds is 5. The van der Waals surface area contributed by atoms with E-state index in [4.69, 9.17) is 10.5 Å². The molecule has 0 aliphatic carbocycles. The maximum Gasteiger partial charge on any atom is 0.121 e. The zero-order valence-corrected chi connectivity index (χ0v) is 8.36. The Morgan fingerprint density at radius 2 is 2.38 bits per heavy atom. The normalized spacial score (nSPS) is 13.2. The summed E-state index contributed by atoms with van der Waals surface area (Å²) in [7, 11) is 1.69. The number of methoxy groups -OCH3 is 1. The quantitative estimate of drug-likeness (QED) is 0.755. The second-order valence-corrected chi connectivity index (χ2v) is 3.27. The van der Waals surface area contributed by atoms with Crippen molar-refractivity contribution in [2.75, 3.05) is 7.11 Å². The summed E-state index contributed by atoms with van der Waals surface area (Å²) < 4.78 is 6.99. The predicted molar refractivity (Wildman–Crippen MR) is 53.3 cm³/mol. The molecule has 0 spiro atoms. The van der Waals surface area contributed by atoms with Gasteiger partial charge in [-0.05, 0) is 18.1 Å². The van der Waals surface area contributed by atoms with Crippen LogP contribution in [0.3, 0.4) is 0 Å². The van der Waals surface area contributed by atoms with Gasteiger partial charge in [-0.3, -0.25) is 0 Å². The van der Waals surface area contributed by atoms with Gasteiger partial charge in [-0.2, -0.15) is 0 Å². The molecule has 3 heteroatoms. The van der Waals surface area contributed by atoms with Crippen LogP contribution in [-0.2, 0) is 11.5 Å². The van der Waals surface area contributed by atoms with Gasteiger partial charge in [-0.15, -0.1) is 0 Å². The minimum absolute atomic E-state index is 0.170. The number of aromatic nitrogens is 1. The predicted octanol–water partition coefficient (Wildman–Crippen LogP) is 1.89. The zero-order valence-electron chi connectivity index (χ0n) is 8.36. The lowest BCUT2D eigenvalue weighted by Gasteiger charge is -2.07. The molecule has 0 fully saturated rings. The molecule has 0 bridgehead atoms. The summed E-state index contributed by atoms with van der Waals surface area (Å²) in [5.41, 5.74) is 7.15. The van der Waals surface area contributed by atoms with Crippen LogP contribution in [-0.4, -0.2) is 11.7 Å². The van der Waals surface area contributed by atoms with Crippen LogP contribution < -0.4 is 5.73 Å². The highest BCUT2D eigenvalue weighted by Gasteiger charge is 2.05. The maximum atomic E-state index is 5.96. The molecule has 0 aromatic carbocycles. The average Bonchev–Trinajstić information content (AvgIpc) is 2.54. The Labute approximate surface area is 79.5 Å². The minimum atomic E-state index is 0.170. The number of hydrogen-bond acceptors (Lipinski definition) is 2. The van der Waals surface area contributed by atoms with Crippen molar-refractivity contribution in [3.63, 3.8) is 0 Å². The molecule has 74 valence electrons. The van der Waals surface area contributed by atoms with Gasteiger partial charge < -0.3 is 15.0 Å². The monoisotopic (exact) mass is 182 g/mol. The lowest BCUT2D eigenvalue weighted by molar-refractivity contribution is 0.131. The third kappa shape index (κ3) is 2.86. The molecular weight excluding hydrogens is 164 g/mol. The van der Waals surface area contributed by atoms with Gasteiger partial charge >= 0.3 is 0 Å². The summed E-state index contributed by atoms with van der Waals surface area (Å²) in [5.74, 6) is 0. The maximum absolute atomic E-state index is 5.96. The highest BCUT2D eigenvalue weighted by atomic mass is 16.5. The van der Waals surface area contributed by atoms with Crippen LogP contribution in [0.25, 0.3) is 0 Å². The summed E-state index contributed by atoms with van der Waals surface area (Å²) in [6.07, 6.45) is 6.20. The van der Waals surface area contributed by atoms with Gasteiger partial charge in [0.1, 0.15) is 6.73 Å². The SMILES string of the molecule is CCCC(N)c1ccn(COC)c1. The Bertz CT molecular complexity index is 245. The lowest BCUT2D eigenvalue weighted by Crippen LogP contribution is -2.08. The highest BCUT2D eigenvalue weighted by molar-refractivity contribution is 5.14. The largest absolute Gasteiger partial charge is 0.364 e. The first-order valence-corrected chi connectivity index (χ1v) is 4.68. The van der Waals surface area contributed by atoms with Crippen molar-refractivity contribution in [2.24, 2.45) is 5.73 Å². The van der Waals surface area contributed by atoms with E-state index in [2.05, 4.69) is 13.0 Å². The van der Waals surface area contributed by atoms with Crippen LogP contribution in [0.2, 0.25) is 0 Å². The average molecular weight is 182 g/mol. The van der Waals surface area contributed by atoms with Gasteiger partial charge in [0.15, 0.2) is 0 Å². The molecule has 0 amide bonds. The summed E-state index contributed by atoms with van der Waals surface area (Å²) >= 11 is 0. The molecule has 0 aliphatic rings. The third-order valence-corrected chi connectivity index (χ3v) is 2.08. The van der Waals surface area contributed by atoms with Crippen molar-refractivity contribution in [1.82, 2.24) is 4.57 Å². The van der Waals surface area contributed by atoms with Gasteiger partial charge in [0.2, 0.25) is 0 Å². The fraction of sp³-hybridized carbons (Fsp3) is 0.600. The first-order chi connectivity index (χ1) is 6.27. The smallest absolute Gasteiger partial charge is 0.121 e. The summed E-state index contributed by atoms with van der Waals surface area (Å²) in [6, 6.07) is 2.22. The van der Waals surface area contributed by atoms with E-state index in [1.165, 1.54) is 5.56 Å². The van der Waals surface area contributed by atoms with Gasteiger partial charge in [0.05, 0.1) is 0 Å². The third-order valence-electron chi connectivity index (χ3n) is 2.08. The van der Waals surface area contributed by atoms with E-state index in [9.17, 15) is 0 Å². The topological polar surface area (TPSA) is 40.2 Å². The van der Waals surface area contributed by atoms with Crippen molar-refractivity contribution in [3.8, 4) is 0 Å². The Kier molecular flexibility index (Phi) is 3.99. The molecule has 1 aromatic heterocycles. The van der Waals surface area contributed by atoms with E-state index in [-0.39, 0.29) is 6.04 Å². The van der Waals surface area contributed by atoms with Crippen molar-refractivity contribution in [1.29, 1.82) is 0 Å². The minimum Gasteiger partial charge on any atom is -0.364 e. The molecule has 2 N–H and O–H groups in total. The molecule has 0 saturated carbocycles.